The zero-order valence-corrected chi connectivity index (χ0v) is 33.0. The smallest absolute Gasteiger partial charge is 0.306 e. The van der Waals surface area contributed by atoms with E-state index >= 15 is 0 Å². The normalized spacial score (nSPS) is 45.1. The summed E-state index contributed by atoms with van der Waals surface area (Å²) < 4.78 is 6.28. The second-order valence-electron chi connectivity index (χ2n) is 21.2. The van der Waals surface area contributed by atoms with Crippen molar-refractivity contribution >= 4 is 17.7 Å². The van der Waals surface area contributed by atoms with Gasteiger partial charge in [-0.3, -0.25) is 14.4 Å². The topological polar surface area (TPSA) is 107 Å². The Morgan fingerprint density at radius 1 is 0.840 bits per heavy atom. The number of carboxylic acids is 1. The first-order valence-corrected chi connectivity index (χ1v) is 20.5. The van der Waals surface area contributed by atoms with Crippen molar-refractivity contribution < 1.29 is 24.2 Å². The lowest BCUT2D eigenvalue weighted by Crippen LogP contribution is -2.66. The van der Waals surface area contributed by atoms with Crippen molar-refractivity contribution in [2.45, 2.75) is 177 Å². The van der Waals surface area contributed by atoms with Crippen LogP contribution in [0.25, 0.3) is 0 Å². The molecule has 12 atom stereocenters. The highest BCUT2D eigenvalue weighted by atomic mass is 16.5. The summed E-state index contributed by atoms with van der Waals surface area (Å²) in [6.07, 6.45) is 16.2. The number of ether oxygens (including phenoxy) is 1. The Morgan fingerprint density at radius 3 is 2.20 bits per heavy atom. The van der Waals surface area contributed by atoms with Crippen molar-refractivity contribution in [3.63, 3.8) is 0 Å². The minimum absolute atomic E-state index is 0.0437. The summed E-state index contributed by atoms with van der Waals surface area (Å²) in [6.45, 7) is 23.1. The number of hydrogen-bond donors (Lipinski definition) is 2. The van der Waals surface area contributed by atoms with Crippen molar-refractivity contribution in [1.29, 1.82) is 0 Å². The Morgan fingerprint density at radius 2 is 1.56 bits per heavy atom. The SMILES string of the molecule is C=C(C)[C@@H]1CC[C@]2(CC(=O)CC3CC[C@@H](N)C3)CC[C@]3(C)[C@H](CC[C@@H]4[C@@]5(C)CC[C@H](OC(=O)CC(C)(C)CC(=O)O)C(C)(C)[C@@H]5CC[C@]43C)[C@@H]12. The Hall–Kier alpha value is -1.69. The number of carboxylic acid groups (broad SMARTS) is 1. The van der Waals surface area contributed by atoms with Gasteiger partial charge in [0, 0.05) is 24.3 Å². The number of hydrogen-bond acceptors (Lipinski definition) is 5. The van der Waals surface area contributed by atoms with Crippen LogP contribution in [0.3, 0.4) is 0 Å². The standard InChI is InChI=1S/C44H71NO5/c1-27(2)31-14-19-44(24-30(46)23-28-10-11-29(45)22-28)21-20-42(8)32(38(31)44)12-13-34-41(7)17-16-35(40(5,6)33(41)15-18-43(34,42)9)50-37(49)26-39(3,4)25-36(47)48/h28-29,31-35,38H,1,10-26,45H2,2-9H3,(H,47,48)/t28?,29-,31+,32-,33+,34-,35+,38-,41+,42-,43-,44-/m1/s1. The second-order valence-corrected chi connectivity index (χ2v) is 21.2. The summed E-state index contributed by atoms with van der Waals surface area (Å²) in [6, 6.07) is 0.278. The van der Waals surface area contributed by atoms with Gasteiger partial charge in [0.2, 0.25) is 0 Å². The molecule has 6 fully saturated rings. The van der Waals surface area contributed by atoms with E-state index in [2.05, 4.69) is 48.1 Å². The van der Waals surface area contributed by atoms with Crippen LogP contribution in [0.2, 0.25) is 0 Å². The van der Waals surface area contributed by atoms with Crippen molar-refractivity contribution in [3.05, 3.63) is 12.2 Å². The number of carbonyl (C=O) groups is 3. The van der Waals surface area contributed by atoms with Gasteiger partial charge in [-0.1, -0.05) is 60.6 Å². The molecule has 0 aromatic carbocycles. The van der Waals surface area contributed by atoms with Crippen LogP contribution in [0.15, 0.2) is 12.2 Å². The number of nitrogens with two attached hydrogens (primary N) is 1. The molecule has 6 heteroatoms. The van der Waals surface area contributed by atoms with Crippen molar-refractivity contribution in [2.24, 2.45) is 73.7 Å². The van der Waals surface area contributed by atoms with Gasteiger partial charge in [0.05, 0.1) is 12.8 Å². The molecule has 6 aliphatic rings. The van der Waals surface area contributed by atoms with E-state index in [4.69, 9.17) is 10.5 Å². The third-order valence-corrected chi connectivity index (χ3v) is 17.4. The van der Waals surface area contributed by atoms with Gasteiger partial charge in [-0.05, 0) is 153 Å². The highest BCUT2D eigenvalue weighted by molar-refractivity contribution is 5.79. The van der Waals surface area contributed by atoms with Gasteiger partial charge in [0.1, 0.15) is 11.9 Å². The molecule has 0 aliphatic heterocycles. The van der Waals surface area contributed by atoms with Crippen LogP contribution in [0.4, 0.5) is 0 Å². The Kier molecular flexibility index (Phi) is 9.90. The fourth-order valence-electron chi connectivity index (χ4n) is 14.9. The summed E-state index contributed by atoms with van der Waals surface area (Å²) >= 11 is 0. The third-order valence-electron chi connectivity index (χ3n) is 17.4. The first-order chi connectivity index (χ1) is 23.2. The van der Waals surface area contributed by atoms with E-state index in [1.54, 1.807) is 0 Å². The number of esters is 1. The van der Waals surface area contributed by atoms with Crippen LogP contribution in [0, 0.1) is 68.0 Å². The molecule has 1 unspecified atom stereocenters. The lowest BCUT2D eigenvalue weighted by atomic mass is 9.32. The maximum absolute atomic E-state index is 13.9. The van der Waals surface area contributed by atoms with Crippen LogP contribution in [0.5, 0.6) is 0 Å². The summed E-state index contributed by atoms with van der Waals surface area (Å²) in [5.41, 5.74) is 7.53. The molecule has 6 aliphatic carbocycles. The number of carbonyl (C=O) groups excluding carboxylic acids is 2. The number of fused-ring (bicyclic) bond motifs is 7. The summed E-state index contributed by atoms with van der Waals surface area (Å²) in [4.78, 5) is 38.5. The first-order valence-electron chi connectivity index (χ1n) is 20.5. The van der Waals surface area contributed by atoms with Crippen molar-refractivity contribution in [2.75, 3.05) is 0 Å². The predicted octanol–water partition coefficient (Wildman–Crippen LogP) is 9.92. The Balaban J connectivity index is 1.22. The van der Waals surface area contributed by atoms with Gasteiger partial charge in [-0.15, -0.1) is 0 Å². The highest BCUT2D eigenvalue weighted by Crippen LogP contribution is 2.78. The number of Topliss-reactive ketones (excluding diaryl/α,β-unsaturated/α-hetero) is 1. The molecule has 0 amide bonds. The zero-order chi connectivity index (χ0) is 36.7. The van der Waals surface area contributed by atoms with Crippen LogP contribution in [0.1, 0.15) is 165 Å². The predicted molar refractivity (Wildman–Crippen MR) is 199 cm³/mol. The monoisotopic (exact) mass is 694 g/mol. The maximum Gasteiger partial charge on any atom is 0.306 e. The van der Waals surface area contributed by atoms with Crippen LogP contribution < -0.4 is 5.73 Å². The van der Waals surface area contributed by atoms with E-state index in [0.717, 1.165) is 51.4 Å². The summed E-state index contributed by atoms with van der Waals surface area (Å²) in [7, 11) is 0. The zero-order valence-electron chi connectivity index (χ0n) is 33.0. The van der Waals surface area contributed by atoms with E-state index < -0.39 is 11.4 Å². The quantitative estimate of drug-likeness (QED) is 0.174. The molecule has 3 N–H and O–H groups in total. The molecule has 6 saturated carbocycles. The molecular formula is C44H71NO5. The number of allylic oxidation sites excluding steroid dienone is 1. The maximum atomic E-state index is 13.9. The number of rotatable bonds is 10. The van der Waals surface area contributed by atoms with Gasteiger partial charge in [-0.2, -0.15) is 0 Å². The van der Waals surface area contributed by atoms with E-state index in [-0.39, 0.29) is 58.0 Å². The van der Waals surface area contributed by atoms with Crippen molar-refractivity contribution in [3.8, 4) is 0 Å². The van der Waals surface area contributed by atoms with E-state index in [9.17, 15) is 19.5 Å². The molecule has 6 nitrogen and oxygen atoms in total. The lowest BCUT2D eigenvalue weighted by molar-refractivity contribution is -0.250. The molecule has 50 heavy (non-hydrogen) atoms. The van der Waals surface area contributed by atoms with Crippen LogP contribution in [-0.4, -0.2) is 35.0 Å². The average molecular weight is 694 g/mol. The first kappa shape index (κ1) is 38.0. The summed E-state index contributed by atoms with van der Waals surface area (Å²) in [5, 5.41) is 9.34. The van der Waals surface area contributed by atoms with E-state index in [1.807, 2.05) is 13.8 Å². The fraction of sp³-hybridized carbons (Fsp3) is 0.886. The largest absolute Gasteiger partial charge is 0.481 e. The minimum Gasteiger partial charge on any atom is -0.481 e. The lowest BCUT2D eigenvalue weighted by Gasteiger charge is -2.73. The molecule has 0 saturated heterocycles. The molecule has 0 aromatic heterocycles. The highest BCUT2D eigenvalue weighted by Gasteiger charge is 2.71. The van der Waals surface area contributed by atoms with Crippen molar-refractivity contribution in [1.82, 2.24) is 0 Å². The number of ketones is 1. The Bertz CT molecular complexity index is 1370. The third kappa shape index (κ3) is 6.25. The second kappa shape index (κ2) is 13.0. The fourth-order valence-corrected chi connectivity index (χ4v) is 14.9. The molecular weight excluding hydrogens is 622 g/mol. The summed E-state index contributed by atoms with van der Waals surface area (Å²) in [5.74, 6) is 2.61. The minimum atomic E-state index is -0.879. The molecule has 0 heterocycles. The van der Waals surface area contributed by atoms with Gasteiger partial charge >= 0.3 is 11.9 Å². The van der Waals surface area contributed by atoms with Gasteiger partial charge < -0.3 is 15.6 Å². The molecule has 282 valence electrons. The Labute approximate surface area is 303 Å². The van der Waals surface area contributed by atoms with Gasteiger partial charge in [0.25, 0.3) is 0 Å². The molecule has 0 spiro atoms. The average Bonchev–Trinajstić information content (AvgIpc) is 3.57. The molecule has 0 bridgehead atoms. The van der Waals surface area contributed by atoms with Gasteiger partial charge in [-0.25, -0.2) is 0 Å². The van der Waals surface area contributed by atoms with Crippen LogP contribution >= 0.6 is 0 Å². The van der Waals surface area contributed by atoms with Gasteiger partial charge in [0.15, 0.2) is 0 Å². The number of aliphatic carboxylic acids is 1. The molecule has 0 radical (unpaired) electrons. The van der Waals surface area contributed by atoms with E-state index in [0.29, 0.717) is 41.3 Å². The molecule has 6 rings (SSSR count). The van der Waals surface area contributed by atoms with E-state index in [1.165, 1.54) is 50.5 Å². The molecule has 0 aromatic rings. The van der Waals surface area contributed by atoms with Crippen LogP contribution in [-0.2, 0) is 19.1 Å².